The SMILES string of the molecule is Cl.O=C(c1cc(-c2ccncc2)on1)N(C1CCCCC1)C1CCCCC1. The molecule has 5 nitrogen and oxygen atoms in total. The fourth-order valence-corrected chi connectivity index (χ4v) is 4.51. The van der Waals surface area contributed by atoms with Gasteiger partial charge < -0.3 is 9.42 Å². The molecule has 2 aromatic rings. The van der Waals surface area contributed by atoms with Gasteiger partial charge in [-0.05, 0) is 37.8 Å². The lowest BCUT2D eigenvalue weighted by Crippen LogP contribution is -2.48. The highest BCUT2D eigenvalue weighted by molar-refractivity contribution is 5.93. The molecule has 0 bridgehead atoms. The summed E-state index contributed by atoms with van der Waals surface area (Å²) in [5.41, 5.74) is 1.33. The first-order chi connectivity index (χ1) is 12.8. The van der Waals surface area contributed by atoms with E-state index >= 15 is 0 Å². The number of hydrogen-bond donors (Lipinski definition) is 0. The molecule has 0 N–H and O–H groups in total. The van der Waals surface area contributed by atoms with Crippen molar-refractivity contribution in [2.45, 2.75) is 76.3 Å². The van der Waals surface area contributed by atoms with Gasteiger partial charge >= 0.3 is 0 Å². The highest BCUT2D eigenvalue weighted by Crippen LogP contribution is 2.32. The van der Waals surface area contributed by atoms with Crippen LogP contribution in [0.25, 0.3) is 11.3 Å². The molecule has 2 heterocycles. The molecule has 2 saturated carbocycles. The van der Waals surface area contributed by atoms with E-state index in [1.165, 1.54) is 38.5 Å². The van der Waals surface area contributed by atoms with Crippen LogP contribution in [0.5, 0.6) is 0 Å². The van der Waals surface area contributed by atoms with E-state index in [-0.39, 0.29) is 18.3 Å². The van der Waals surface area contributed by atoms with Crippen LogP contribution in [0, 0.1) is 0 Å². The van der Waals surface area contributed by atoms with Crippen molar-refractivity contribution in [3.8, 4) is 11.3 Å². The van der Waals surface area contributed by atoms with Crippen LogP contribution in [-0.4, -0.2) is 33.0 Å². The van der Waals surface area contributed by atoms with Crippen LogP contribution in [0.4, 0.5) is 0 Å². The molecule has 0 radical (unpaired) electrons. The van der Waals surface area contributed by atoms with E-state index in [1.54, 1.807) is 18.5 Å². The fraction of sp³-hybridized carbons (Fsp3) is 0.571. The van der Waals surface area contributed by atoms with E-state index in [0.29, 0.717) is 23.5 Å². The predicted octanol–water partition coefficient (Wildman–Crippen LogP) is 5.27. The Bertz CT molecular complexity index is 704. The Morgan fingerprint density at radius 3 is 2.04 bits per heavy atom. The molecule has 0 atom stereocenters. The Morgan fingerprint density at radius 1 is 0.926 bits per heavy atom. The van der Waals surface area contributed by atoms with E-state index in [4.69, 9.17) is 4.52 Å². The maximum atomic E-state index is 13.4. The van der Waals surface area contributed by atoms with Crippen LogP contribution in [0.2, 0.25) is 0 Å². The lowest BCUT2D eigenvalue weighted by atomic mass is 9.88. The van der Waals surface area contributed by atoms with Gasteiger partial charge in [0.05, 0.1) is 0 Å². The zero-order chi connectivity index (χ0) is 17.8. The molecular weight excluding hydrogens is 362 g/mol. The zero-order valence-corrected chi connectivity index (χ0v) is 16.5. The first-order valence-corrected chi connectivity index (χ1v) is 10.0. The average Bonchev–Trinajstić information content (AvgIpc) is 3.21. The fourth-order valence-electron chi connectivity index (χ4n) is 4.51. The minimum atomic E-state index is 0. The Balaban J connectivity index is 0.00000210. The Morgan fingerprint density at radius 2 is 1.48 bits per heavy atom. The molecule has 6 heteroatoms. The van der Waals surface area contributed by atoms with Gasteiger partial charge in [0.25, 0.3) is 5.91 Å². The summed E-state index contributed by atoms with van der Waals surface area (Å²) >= 11 is 0. The van der Waals surface area contributed by atoms with Crippen LogP contribution in [0.1, 0.15) is 74.7 Å². The van der Waals surface area contributed by atoms with Gasteiger partial charge in [-0.25, -0.2) is 0 Å². The lowest BCUT2D eigenvalue weighted by Gasteiger charge is -2.41. The number of pyridine rings is 1. The largest absolute Gasteiger partial charge is 0.355 e. The number of halogens is 1. The third-order valence-electron chi connectivity index (χ3n) is 5.86. The molecule has 0 aliphatic heterocycles. The van der Waals surface area contributed by atoms with Gasteiger partial charge in [0.15, 0.2) is 11.5 Å². The summed E-state index contributed by atoms with van der Waals surface area (Å²) in [4.78, 5) is 19.6. The summed E-state index contributed by atoms with van der Waals surface area (Å²) in [5.74, 6) is 0.677. The molecule has 1 amide bonds. The number of rotatable bonds is 4. The summed E-state index contributed by atoms with van der Waals surface area (Å²) in [7, 11) is 0. The highest BCUT2D eigenvalue weighted by atomic mass is 35.5. The molecule has 2 fully saturated rings. The van der Waals surface area contributed by atoms with Gasteiger partial charge in [-0.15, -0.1) is 12.4 Å². The van der Waals surface area contributed by atoms with Gasteiger partial charge in [-0.3, -0.25) is 9.78 Å². The van der Waals surface area contributed by atoms with Crippen molar-refractivity contribution in [3.63, 3.8) is 0 Å². The van der Waals surface area contributed by atoms with Crippen LogP contribution < -0.4 is 0 Å². The minimum absolute atomic E-state index is 0. The Labute approximate surface area is 166 Å². The third kappa shape index (κ3) is 4.52. The van der Waals surface area contributed by atoms with Gasteiger partial charge in [0.2, 0.25) is 0 Å². The molecule has 146 valence electrons. The molecule has 2 aromatic heterocycles. The smallest absolute Gasteiger partial charge is 0.276 e. The monoisotopic (exact) mass is 389 g/mol. The van der Waals surface area contributed by atoms with E-state index in [9.17, 15) is 4.79 Å². The molecule has 0 spiro atoms. The number of amides is 1. The van der Waals surface area contributed by atoms with E-state index in [1.807, 2.05) is 12.1 Å². The van der Waals surface area contributed by atoms with Crippen molar-refractivity contribution >= 4 is 18.3 Å². The van der Waals surface area contributed by atoms with Crippen molar-refractivity contribution in [1.29, 1.82) is 0 Å². The maximum absolute atomic E-state index is 13.4. The van der Waals surface area contributed by atoms with Gasteiger partial charge in [-0.1, -0.05) is 43.7 Å². The quantitative estimate of drug-likeness (QED) is 0.715. The number of hydrogen-bond acceptors (Lipinski definition) is 4. The van der Waals surface area contributed by atoms with E-state index in [2.05, 4.69) is 15.0 Å². The summed E-state index contributed by atoms with van der Waals surface area (Å²) in [6.45, 7) is 0. The molecule has 2 aliphatic rings. The van der Waals surface area contributed by atoms with Crippen LogP contribution in [0.15, 0.2) is 35.1 Å². The highest BCUT2D eigenvalue weighted by Gasteiger charge is 2.34. The van der Waals surface area contributed by atoms with Crippen LogP contribution in [0.3, 0.4) is 0 Å². The summed E-state index contributed by atoms with van der Waals surface area (Å²) in [6.07, 6.45) is 15.4. The van der Waals surface area contributed by atoms with Gasteiger partial charge in [0, 0.05) is 36.1 Å². The van der Waals surface area contributed by atoms with Gasteiger partial charge in [-0.2, -0.15) is 0 Å². The summed E-state index contributed by atoms with van der Waals surface area (Å²) in [6, 6.07) is 6.25. The van der Waals surface area contributed by atoms with Crippen molar-refractivity contribution in [2.24, 2.45) is 0 Å². The third-order valence-corrected chi connectivity index (χ3v) is 5.86. The van der Waals surface area contributed by atoms with E-state index in [0.717, 1.165) is 31.2 Å². The zero-order valence-electron chi connectivity index (χ0n) is 15.7. The molecule has 0 saturated heterocycles. The molecule has 0 aromatic carbocycles. The van der Waals surface area contributed by atoms with Crippen molar-refractivity contribution in [2.75, 3.05) is 0 Å². The number of nitrogens with zero attached hydrogens (tertiary/aromatic N) is 3. The maximum Gasteiger partial charge on any atom is 0.276 e. The second-order valence-corrected chi connectivity index (χ2v) is 7.61. The predicted molar refractivity (Wildman–Crippen MR) is 107 cm³/mol. The minimum Gasteiger partial charge on any atom is -0.355 e. The summed E-state index contributed by atoms with van der Waals surface area (Å²) in [5, 5.41) is 4.12. The van der Waals surface area contributed by atoms with E-state index < -0.39 is 0 Å². The first kappa shape index (κ1) is 19.9. The number of aromatic nitrogens is 2. The standard InChI is InChI=1S/C21H27N3O2.ClH/c25-21(19-15-20(26-23-19)16-11-13-22-14-12-16)24(17-7-3-1-4-8-17)18-9-5-2-6-10-18;/h11-15,17-18H,1-10H2;1H. The second kappa shape index (κ2) is 9.36. The topological polar surface area (TPSA) is 59.2 Å². The molecule has 0 unspecified atom stereocenters. The molecule has 27 heavy (non-hydrogen) atoms. The average molecular weight is 390 g/mol. The van der Waals surface area contributed by atoms with Crippen LogP contribution >= 0.6 is 12.4 Å². The molecular formula is C21H28ClN3O2. The molecule has 4 rings (SSSR count). The summed E-state index contributed by atoms with van der Waals surface area (Å²) < 4.78 is 5.47. The number of carbonyl (C=O) groups excluding carboxylic acids is 1. The van der Waals surface area contributed by atoms with Crippen molar-refractivity contribution < 1.29 is 9.32 Å². The van der Waals surface area contributed by atoms with Crippen molar-refractivity contribution in [3.05, 3.63) is 36.3 Å². The van der Waals surface area contributed by atoms with Crippen LogP contribution in [-0.2, 0) is 0 Å². The molecule has 2 aliphatic carbocycles. The lowest BCUT2D eigenvalue weighted by molar-refractivity contribution is 0.0438. The second-order valence-electron chi connectivity index (χ2n) is 7.61. The normalized spacial score (nSPS) is 18.7. The number of carbonyl (C=O) groups is 1. The Hall–Kier alpha value is -1.88. The Kier molecular flexibility index (Phi) is 6.89. The first-order valence-electron chi connectivity index (χ1n) is 10.0. The van der Waals surface area contributed by atoms with Gasteiger partial charge in [0.1, 0.15) is 0 Å². The van der Waals surface area contributed by atoms with Crippen molar-refractivity contribution in [1.82, 2.24) is 15.0 Å².